The van der Waals surface area contributed by atoms with Crippen LogP contribution in [0.1, 0.15) is 28.6 Å². The van der Waals surface area contributed by atoms with Crippen molar-refractivity contribution in [3.8, 4) is 0 Å². The molecule has 1 aromatic heterocycles. The molecule has 0 saturated heterocycles. The lowest BCUT2D eigenvalue weighted by Gasteiger charge is -2.35. The van der Waals surface area contributed by atoms with Gasteiger partial charge in [-0.2, -0.15) is 0 Å². The highest BCUT2D eigenvalue weighted by Gasteiger charge is 2.38. The number of hydrogen-bond donors (Lipinski definition) is 3. The average Bonchev–Trinajstić information content (AvgIpc) is 3.21. The molecule has 1 aliphatic rings. The predicted octanol–water partition coefficient (Wildman–Crippen LogP) is 1.56. The van der Waals surface area contributed by atoms with Crippen LogP contribution in [0.4, 0.5) is 5.69 Å². The molecule has 0 fully saturated rings. The first-order valence-corrected chi connectivity index (χ1v) is 11.2. The summed E-state index contributed by atoms with van der Waals surface area (Å²) < 4.78 is 25.8. The Morgan fingerprint density at radius 3 is 2.75 bits per heavy atom. The van der Waals surface area contributed by atoms with Gasteiger partial charge in [0.1, 0.15) is 0 Å². The highest BCUT2D eigenvalue weighted by Crippen LogP contribution is 2.35. The van der Waals surface area contributed by atoms with Gasteiger partial charge in [0.2, 0.25) is 5.91 Å². The van der Waals surface area contributed by atoms with Crippen molar-refractivity contribution >= 4 is 38.7 Å². The molecule has 0 saturated carbocycles. The summed E-state index contributed by atoms with van der Waals surface area (Å²) in [6, 6.07) is 8.29. The Labute approximate surface area is 167 Å². The quantitative estimate of drug-likeness (QED) is 0.480. The molecule has 2 aromatic rings. The van der Waals surface area contributed by atoms with E-state index in [9.17, 15) is 18.0 Å². The molecule has 0 bridgehead atoms. The third-order valence-corrected chi connectivity index (χ3v) is 7.68. The smallest absolute Gasteiger partial charge is 0.251 e. The van der Waals surface area contributed by atoms with Gasteiger partial charge < -0.3 is 10.2 Å². The second-order valence-corrected chi connectivity index (χ2v) is 9.62. The molecule has 1 aromatic carbocycles. The Morgan fingerprint density at radius 1 is 1.32 bits per heavy atom. The van der Waals surface area contributed by atoms with Crippen LogP contribution in [0.3, 0.4) is 0 Å². The van der Waals surface area contributed by atoms with Gasteiger partial charge in [-0.1, -0.05) is 6.07 Å². The minimum absolute atomic E-state index is 0.0890. The number of nitrogens with zero attached hydrogens (tertiary/aromatic N) is 1. The Kier molecular flexibility index (Phi) is 6.01. The summed E-state index contributed by atoms with van der Waals surface area (Å²) in [7, 11) is -3.76. The predicted molar refractivity (Wildman–Crippen MR) is 105 cm³/mol. The van der Waals surface area contributed by atoms with E-state index in [1.807, 2.05) is 29.3 Å². The van der Waals surface area contributed by atoms with Crippen molar-refractivity contribution in [2.24, 2.45) is 0 Å². The van der Waals surface area contributed by atoms with Crippen LogP contribution < -0.4 is 15.7 Å². The van der Waals surface area contributed by atoms with Gasteiger partial charge in [-0.05, 0) is 36.6 Å². The van der Waals surface area contributed by atoms with Gasteiger partial charge in [-0.25, -0.2) is 13.9 Å². The molecule has 1 aliphatic heterocycles. The largest absolute Gasteiger partial charge is 0.369 e. The van der Waals surface area contributed by atoms with Crippen LogP contribution in [0.15, 0.2) is 40.6 Å². The van der Waals surface area contributed by atoms with E-state index in [1.54, 1.807) is 17.4 Å². The van der Waals surface area contributed by atoms with E-state index < -0.39 is 21.0 Å². The molecule has 2 amide bonds. The highest BCUT2D eigenvalue weighted by atomic mass is 32.2. The second-order valence-electron chi connectivity index (χ2n) is 6.39. The van der Waals surface area contributed by atoms with E-state index in [-0.39, 0.29) is 23.8 Å². The Hall–Kier alpha value is -2.43. The number of hydrogen-bond acceptors (Lipinski definition) is 7. The average molecular weight is 424 g/mol. The van der Waals surface area contributed by atoms with Gasteiger partial charge in [0, 0.05) is 30.0 Å². The van der Waals surface area contributed by atoms with Crippen LogP contribution >= 0.6 is 11.3 Å². The molecule has 150 valence electrons. The Balaban J connectivity index is 1.87. The maximum atomic E-state index is 12.9. The number of hydroxylamine groups is 1. The molecule has 0 spiro atoms. The summed E-state index contributed by atoms with van der Waals surface area (Å²) in [6.07, 6.45) is -0.335. The molecule has 0 aliphatic carbocycles. The molecule has 8 nitrogen and oxygen atoms in total. The summed E-state index contributed by atoms with van der Waals surface area (Å²) in [5.74, 6) is -1.04. The molecule has 28 heavy (non-hydrogen) atoms. The van der Waals surface area contributed by atoms with Crippen molar-refractivity contribution in [1.29, 1.82) is 0 Å². The van der Waals surface area contributed by atoms with Gasteiger partial charge in [-0.15, -0.1) is 11.3 Å². The molecular weight excluding hydrogens is 402 g/mol. The summed E-state index contributed by atoms with van der Waals surface area (Å²) in [5.41, 5.74) is 2.30. The maximum absolute atomic E-state index is 12.9. The van der Waals surface area contributed by atoms with E-state index in [0.717, 1.165) is 4.88 Å². The second kappa shape index (κ2) is 8.29. The van der Waals surface area contributed by atoms with Crippen molar-refractivity contribution < 1.29 is 23.2 Å². The lowest BCUT2D eigenvalue weighted by atomic mass is 10.1. The Bertz CT molecular complexity index is 973. The number of benzene rings is 1. The standard InChI is InChI=1S/C18H21N3O5S2/c1-2-21-11-14(9-17(22)20-24)28(25,26)16-6-5-12(8-15(16)21)18(23)19-10-13-4-3-7-27-13/h3-8,14,24H,2,9-11H2,1H3,(H,19,23)(H,20,22). The molecule has 2 heterocycles. The topological polar surface area (TPSA) is 116 Å². The fourth-order valence-corrected chi connectivity index (χ4v) is 5.66. The fourth-order valence-electron chi connectivity index (χ4n) is 3.18. The first kappa shape index (κ1) is 20.3. The normalized spacial score (nSPS) is 17.6. The van der Waals surface area contributed by atoms with Crippen molar-refractivity contribution in [2.75, 3.05) is 18.0 Å². The number of thiophene rings is 1. The number of carbonyl (C=O) groups is 2. The SMILES string of the molecule is CCN1CC(CC(=O)NO)S(=O)(=O)c2ccc(C(=O)NCc3cccs3)cc21. The third kappa shape index (κ3) is 4.03. The fraction of sp³-hybridized carbons (Fsp3) is 0.333. The van der Waals surface area contributed by atoms with Gasteiger partial charge >= 0.3 is 0 Å². The first-order valence-electron chi connectivity index (χ1n) is 8.73. The molecular formula is C18H21N3O5S2. The van der Waals surface area contributed by atoms with Crippen LogP contribution in [-0.2, 0) is 21.2 Å². The van der Waals surface area contributed by atoms with Crippen LogP contribution in [0.2, 0.25) is 0 Å². The number of rotatable bonds is 6. The molecule has 10 heteroatoms. The zero-order chi connectivity index (χ0) is 20.3. The van der Waals surface area contributed by atoms with Gasteiger partial charge in [0.25, 0.3) is 5.91 Å². The zero-order valence-electron chi connectivity index (χ0n) is 15.2. The van der Waals surface area contributed by atoms with Gasteiger partial charge in [-0.3, -0.25) is 14.8 Å². The van der Waals surface area contributed by atoms with Crippen LogP contribution in [-0.4, -0.2) is 43.8 Å². The summed E-state index contributed by atoms with van der Waals surface area (Å²) >= 11 is 1.54. The number of sulfone groups is 1. The summed E-state index contributed by atoms with van der Waals surface area (Å²) in [6.45, 7) is 2.90. The van der Waals surface area contributed by atoms with Crippen molar-refractivity contribution in [3.05, 3.63) is 46.2 Å². The maximum Gasteiger partial charge on any atom is 0.251 e. The molecule has 3 rings (SSSR count). The van der Waals surface area contributed by atoms with E-state index in [2.05, 4.69) is 5.32 Å². The summed E-state index contributed by atoms with van der Waals surface area (Å²) in [4.78, 5) is 26.9. The lowest BCUT2D eigenvalue weighted by molar-refractivity contribution is -0.129. The van der Waals surface area contributed by atoms with Crippen molar-refractivity contribution in [3.63, 3.8) is 0 Å². The third-order valence-electron chi connectivity index (χ3n) is 4.65. The molecule has 1 atom stereocenters. The number of fused-ring (bicyclic) bond motifs is 1. The molecule has 3 N–H and O–H groups in total. The zero-order valence-corrected chi connectivity index (χ0v) is 16.8. The minimum Gasteiger partial charge on any atom is -0.369 e. The van der Waals surface area contributed by atoms with E-state index >= 15 is 0 Å². The first-order chi connectivity index (χ1) is 13.4. The molecule has 0 radical (unpaired) electrons. The number of carbonyl (C=O) groups excluding carboxylic acids is 2. The lowest BCUT2D eigenvalue weighted by Crippen LogP contribution is -2.44. The minimum atomic E-state index is -3.76. The summed E-state index contributed by atoms with van der Waals surface area (Å²) in [5, 5.41) is 12.5. The number of amides is 2. The van der Waals surface area contributed by atoms with E-state index in [1.165, 1.54) is 17.6 Å². The number of nitrogens with one attached hydrogen (secondary N) is 2. The number of anilines is 1. The van der Waals surface area contributed by atoms with E-state index in [0.29, 0.717) is 24.3 Å². The van der Waals surface area contributed by atoms with Gasteiger partial charge in [0.05, 0.1) is 22.4 Å². The Morgan fingerprint density at radius 2 is 2.11 bits per heavy atom. The van der Waals surface area contributed by atoms with Gasteiger partial charge in [0.15, 0.2) is 9.84 Å². The van der Waals surface area contributed by atoms with Crippen LogP contribution in [0.5, 0.6) is 0 Å². The monoisotopic (exact) mass is 423 g/mol. The van der Waals surface area contributed by atoms with Crippen LogP contribution in [0, 0.1) is 0 Å². The molecule has 1 unspecified atom stereocenters. The highest BCUT2D eigenvalue weighted by molar-refractivity contribution is 7.92. The van der Waals surface area contributed by atoms with Crippen molar-refractivity contribution in [1.82, 2.24) is 10.8 Å². The van der Waals surface area contributed by atoms with Crippen molar-refractivity contribution in [2.45, 2.75) is 30.0 Å². The van der Waals surface area contributed by atoms with E-state index in [4.69, 9.17) is 5.21 Å². The van der Waals surface area contributed by atoms with Crippen LogP contribution in [0.25, 0.3) is 0 Å².